The number of benzene rings is 2. The van der Waals surface area contributed by atoms with Crippen LogP contribution in [0.25, 0.3) is 16.9 Å². The average Bonchev–Trinajstić information content (AvgIpc) is 3.33. The van der Waals surface area contributed by atoms with Crippen LogP contribution in [0, 0.1) is 23.7 Å². The van der Waals surface area contributed by atoms with E-state index in [0.717, 1.165) is 78.6 Å². The Morgan fingerprint density at radius 3 is 1.29 bits per heavy atom. The predicted octanol–water partition coefficient (Wildman–Crippen LogP) is 12.7. The molecule has 2 aromatic carbocycles. The fourth-order valence-corrected chi connectivity index (χ4v) is 5.89. The second-order valence-corrected chi connectivity index (χ2v) is 12.6. The zero-order chi connectivity index (χ0) is 32.1. The van der Waals surface area contributed by atoms with Gasteiger partial charge in [-0.15, -0.1) is 0 Å². The van der Waals surface area contributed by atoms with E-state index in [4.69, 9.17) is 0 Å². The van der Waals surface area contributed by atoms with Gasteiger partial charge in [-0.2, -0.15) is 0 Å². The van der Waals surface area contributed by atoms with E-state index in [1.165, 1.54) is 92.9 Å². The van der Waals surface area contributed by atoms with Crippen LogP contribution in [0.3, 0.4) is 0 Å². The smallest absolute Gasteiger partial charge is 0.224 e. The highest BCUT2D eigenvalue weighted by Crippen LogP contribution is 2.40. The molecule has 0 aliphatic carbocycles. The molecule has 0 saturated carbocycles. The lowest BCUT2D eigenvalue weighted by atomic mass is 9.98. The van der Waals surface area contributed by atoms with Gasteiger partial charge in [-0.05, 0) is 73.9 Å². The minimum absolute atomic E-state index is 0.751. The van der Waals surface area contributed by atoms with Crippen molar-refractivity contribution in [3.05, 3.63) is 87.5 Å². The number of hydrogen-bond acceptors (Lipinski definition) is 0. The highest BCUT2D eigenvalue weighted by atomic mass is 15.2. The Morgan fingerprint density at radius 1 is 0.467 bits per heavy atom. The Hall–Kier alpha value is -3.36. The van der Waals surface area contributed by atoms with Gasteiger partial charge in [0.05, 0.1) is 0 Å². The van der Waals surface area contributed by atoms with Crippen molar-refractivity contribution in [2.45, 2.75) is 150 Å². The van der Waals surface area contributed by atoms with E-state index in [-0.39, 0.29) is 0 Å². The van der Waals surface area contributed by atoms with Crippen LogP contribution in [-0.4, -0.2) is 4.70 Å². The van der Waals surface area contributed by atoms with Crippen molar-refractivity contribution in [3.63, 3.8) is 0 Å². The second kappa shape index (κ2) is 21.4. The molecule has 3 rings (SSSR count). The average molecular weight is 603 g/mol. The number of nitrogens with zero attached hydrogens (tertiary/aromatic N) is 2. The van der Waals surface area contributed by atoms with Crippen molar-refractivity contribution >= 4 is 11.4 Å². The topological polar surface area (TPSA) is 25.3 Å². The number of allylic oxidation sites excluding steroid dienone is 2. The lowest BCUT2D eigenvalue weighted by Gasteiger charge is -2.10. The maximum Gasteiger partial charge on any atom is 0.224 e. The van der Waals surface area contributed by atoms with Crippen molar-refractivity contribution in [1.29, 1.82) is 0 Å². The van der Waals surface area contributed by atoms with Gasteiger partial charge in [0.1, 0.15) is 11.1 Å². The first-order valence-electron chi connectivity index (χ1n) is 18.3. The molecule has 1 heterocycles. The molecule has 1 aliphatic heterocycles. The van der Waals surface area contributed by atoms with Crippen LogP contribution in [0.2, 0.25) is 0 Å². The first kappa shape index (κ1) is 36.1. The largest absolute Gasteiger partial charge is 0.493 e. The maximum absolute atomic E-state index is 11.9. The molecule has 2 heteroatoms. The van der Waals surface area contributed by atoms with E-state index in [0.29, 0.717) is 0 Å². The molecule has 0 N–H and O–H groups in total. The lowest BCUT2D eigenvalue weighted by Crippen LogP contribution is -2.03. The Labute approximate surface area is 276 Å². The number of unbranched alkanes of at least 4 members (excludes halogenated alkanes) is 13. The Balaban J connectivity index is 1.98. The van der Waals surface area contributed by atoms with Gasteiger partial charge in [-0.1, -0.05) is 146 Å². The summed E-state index contributed by atoms with van der Waals surface area (Å²) in [6.07, 6.45) is 22.4. The fourth-order valence-electron chi connectivity index (χ4n) is 5.89. The SMILES string of the molecule is CCCCC#CC1=C(c2ccc(CCCCC)cc2)[N+](=[N-])C(c2ccc(CCCCC)cc2)=C1C#CCCCCCCCCC. The number of rotatable bonds is 19. The summed E-state index contributed by atoms with van der Waals surface area (Å²) in [6, 6.07) is 17.5. The summed E-state index contributed by atoms with van der Waals surface area (Å²) < 4.78 is 1.37. The Kier molecular flexibility index (Phi) is 17.2. The number of hydrogen-bond donors (Lipinski definition) is 0. The van der Waals surface area contributed by atoms with Gasteiger partial charge in [0.15, 0.2) is 0 Å². The van der Waals surface area contributed by atoms with E-state index in [1.807, 2.05) is 0 Å². The van der Waals surface area contributed by atoms with Gasteiger partial charge in [0.25, 0.3) is 0 Å². The van der Waals surface area contributed by atoms with Crippen LogP contribution in [0.5, 0.6) is 0 Å². The second-order valence-electron chi connectivity index (χ2n) is 12.6. The van der Waals surface area contributed by atoms with E-state index < -0.39 is 0 Å². The van der Waals surface area contributed by atoms with Crippen molar-refractivity contribution < 1.29 is 4.70 Å². The minimum atomic E-state index is 0.751. The first-order chi connectivity index (χ1) is 22.1. The van der Waals surface area contributed by atoms with E-state index in [1.54, 1.807) is 0 Å². The predicted molar refractivity (Wildman–Crippen MR) is 194 cm³/mol. The van der Waals surface area contributed by atoms with E-state index >= 15 is 0 Å². The quantitative estimate of drug-likeness (QED) is 0.0868. The summed E-state index contributed by atoms with van der Waals surface area (Å²) in [5.74, 6) is 13.9. The molecule has 2 aromatic rings. The van der Waals surface area contributed by atoms with Gasteiger partial charge in [0, 0.05) is 24.0 Å². The summed E-state index contributed by atoms with van der Waals surface area (Å²) in [6.45, 7) is 8.95. The molecule has 0 aromatic heterocycles. The lowest BCUT2D eigenvalue weighted by molar-refractivity contribution is -0.344. The fraction of sp³-hybridized carbons (Fsp3) is 0.535. The van der Waals surface area contributed by atoms with Gasteiger partial charge in [-0.25, -0.2) is 4.70 Å². The van der Waals surface area contributed by atoms with Crippen molar-refractivity contribution in [3.8, 4) is 23.7 Å². The first-order valence-corrected chi connectivity index (χ1v) is 18.3. The molecule has 0 fully saturated rings. The van der Waals surface area contributed by atoms with Gasteiger partial charge in [-0.3, -0.25) is 0 Å². The molecule has 1 aliphatic rings. The molecule has 2 nitrogen and oxygen atoms in total. The van der Waals surface area contributed by atoms with Crippen LogP contribution in [0.1, 0.15) is 159 Å². The molecule has 45 heavy (non-hydrogen) atoms. The van der Waals surface area contributed by atoms with E-state index in [9.17, 15) is 5.53 Å². The Morgan fingerprint density at radius 2 is 0.844 bits per heavy atom. The van der Waals surface area contributed by atoms with Gasteiger partial charge >= 0.3 is 0 Å². The summed E-state index contributed by atoms with van der Waals surface area (Å²) in [5.41, 5.74) is 19.8. The highest BCUT2D eigenvalue weighted by Gasteiger charge is 2.35. The van der Waals surface area contributed by atoms with Crippen LogP contribution in [0.15, 0.2) is 59.7 Å². The third-order valence-corrected chi connectivity index (χ3v) is 8.73. The zero-order valence-corrected chi connectivity index (χ0v) is 28.9. The summed E-state index contributed by atoms with van der Waals surface area (Å²) in [4.78, 5) is 0. The van der Waals surface area contributed by atoms with Crippen LogP contribution < -0.4 is 0 Å². The number of aryl methyl sites for hydroxylation is 2. The molecule has 0 unspecified atom stereocenters. The van der Waals surface area contributed by atoms with Crippen LogP contribution >= 0.6 is 0 Å². The molecule has 0 amide bonds. The standard InChI is InChI=1S/C43H58N2/c1-5-9-13-15-16-17-18-19-23-27-41-40(26-22-14-10-6-2)42(38-32-28-36(29-33-38)24-20-11-7-3)45(44)43(41)39-34-30-37(31-35-39)25-21-12-8-4/h28-35H,5-21,24-25H2,1-4H3. The van der Waals surface area contributed by atoms with Gasteiger partial charge < -0.3 is 5.53 Å². The molecular formula is C43H58N2. The normalized spacial score (nSPS) is 12.8. The molecule has 0 atom stereocenters. The van der Waals surface area contributed by atoms with Crippen molar-refractivity contribution in [2.24, 2.45) is 0 Å². The van der Waals surface area contributed by atoms with E-state index in [2.05, 4.69) is 99.9 Å². The molecular weight excluding hydrogens is 544 g/mol. The molecule has 0 radical (unpaired) electrons. The summed E-state index contributed by atoms with van der Waals surface area (Å²) >= 11 is 0. The maximum atomic E-state index is 11.9. The summed E-state index contributed by atoms with van der Waals surface area (Å²) in [7, 11) is 0. The van der Waals surface area contributed by atoms with Crippen molar-refractivity contribution in [1.82, 2.24) is 0 Å². The molecule has 240 valence electrons. The third-order valence-electron chi connectivity index (χ3n) is 8.73. The Bertz CT molecular complexity index is 1360. The van der Waals surface area contributed by atoms with Gasteiger partial charge in [0.2, 0.25) is 11.4 Å². The minimum Gasteiger partial charge on any atom is -0.493 e. The molecule has 0 bridgehead atoms. The van der Waals surface area contributed by atoms with Crippen molar-refractivity contribution in [2.75, 3.05) is 0 Å². The highest BCUT2D eigenvalue weighted by molar-refractivity contribution is 5.88. The third kappa shape index (κ3) is 11.8. The summed E-state index contributed by atoms with van der Waals surface area (Å²) in [5, 5.41) is 0. The van der Waals surface area contributed by atoms with Crippen LogP contribution in [-0.2, 0) is 12.8 Å². The van der Waals surface area contributed by atoms with Crippen LogP contribution in [0.4, 0.5) is 0 Å². The zero-order valence-electron chi connectivity index (χ0n) is 28.9. The monoisotopic (exact) mass is 602 g/mol. The molecule has 0 spiro atoms. The molecule has 0 saturated heterocycles.